The molecule has 118 valence electrons. The molecule has 1 saturated carbocycles. The van der Waals surface area contributed by atoms with Crippen LogP contribution in [0.25, 0.3) is 10.9 Å². The number of thioether (sulfide) groups is 2. The van der Waals surface area contributed by atoms with Gasteiger partial charge in [-0.3, -0.25) is 0 Å². The van der Waals surface area contributed by atoms with Gasteiger partial charge in [-0.1, -0.05) is 37.5 Å². The summed E-state index contributed by atoms with van der Waals surface area (Å²) in [5, 5.41) is 12.8. The summed E-state index contributed by atoms with van der Waals surface area (Å²) < 4.78 is -0.218. The third-order valence-corrected chi connectivity index (χ3v) is 8.78. The molecule has 0 radical (unpaired) electrons. The fourth-order valence-corrected chi connectivity index (χ4v) is 7.57. The van der Waals surface area contributed by atoms with E-state index in [4.69, 9.17) is 0 Å². The molecule has 1 aromatic heterocycles. The predicted molar refractivity (Wildman–Crippen MR) is 97.5 cm³/mol. The van der Waals surface area contributed by atoms with E-state index < -0.39 is 5.60 Å². The standard InChI is InChI=1S/C18H23NOS2/c20-17(9-4-1-5-10-17)18(21-11-6-12-22-18)16-13-14-7-2-3-8-15(14)19-16/h2-3,7-8,13,19-20H,1,4-6,9-12H2. The minimum Gasteiger partial charge on any atom is -0.387 e. The van der Waals surface area contributed by atoms with Crippen molar-refractivity contribution >= 4 is 34.4 Å². The summed E-state index contributed by atoms with van der Waals surface area (Å²) >= 11 is 3.93. The van der Waals surface area contributed by atoms with Crippen LogP contribution >= 0.6 is 23.5 Å². The zero-order valence-corrected chi connectivity index (χ0v) is 14.4. The second-order valence-electron chi connectivity index (χ2n) is 6.53. The van der Waals surface area contributed by atoms with Crippen molar-refractivity contribution in [1.29, 1.82) is 0 Å². The van der Waals surface area contributed by atoms with Gasteiger partial charge in [0.05, 0.1) is 5.60 Å². The molecular weight excluding hydrogens is 310 g/mol. The molecule has 4 heteroatoms. The number of hydrogen-bond donors (Lipinski definition) is 2. The fourth-order valence-electron chi connectivity index (χ4n) is 3.92. The third-order valence-electron chi connectivity index (χ3n) is 5.08. The maximum atomic E-state index is 11.6. The Morgan fingerprint density at radius 3 is 2.41 bits per heavy atom. The number of aromatic amines is 1. The average molecular weight is 334 g/mol. The Labute approximate surface area is 140 Å². The lowest BCUT2D eigenvalue weighted by Crippen LogP contribution is -2.50. The molecule has 0 spiro atoms. The number of H-pyrrole nitrogens is 1. The number of hydrogen-bond acceptors (Lipinski definition) is 3. The van der Waals surface area contributed by atoms with E-state index in [1.165, 1.54) is 29.4 Å². The van der Waals surface area contributed by atoms with Crippen LogP contribution in [-0.2, 0) is 4.08 Å². The van der Waals surface area contributed by atoms with Crippen molar-refractivity contribution in [3.05, 3.63) is 36.0 Å². The third kappa shape index (κ3) is 2.31. The summed E-state index contributed by atoms with van der Waals surface area (Å²) in [5.74, 6) is 2.29. The van der Waals surface area contributed by atoms with Gasteiger partial charge < -0.3 is 10.1 Å². The molecule has 2 fully saturated rings. The zero-order chi connectivity index (χ0) is 15.0. The van der Waals surface area contributed by atoms with Crippen LogP contribution in [0.4, 0.5) is 0 Å². The summed E-state index contributed by atoms with van der Waals surface area (Å²) in [6, 6.07) is 10.7. The Kier molecular flexibility index (Phi) is 3.95. The second-order valence-corrected chi connectivity index (χ2v) is 9.41. The number of rotatable bonds is 2. The Balaban J connectivity index is 1.83. The average Bonchev–Trinajstić information content (AvgIpc) is 3.00. The van der Waals surface area contributed by atoms with Gasteiger partial charge in [0.25, 0.3) is 0 Å². The minimum atomic E-state index is -0.581. The van der Waals surface area contributed by atoms with Crippen molar-refractivity contribution in [2.45, 2.75) is 48.2 Å². The van der Waals surface area contributed by atoms with Gasteiger partial charge in [0, 0.05) is 11.2 Å². The molecule has 0 atom stereocenters. The Bertz CT molecular complexity index is 621. The second kappa shape index (κ2) is 5.81. The number of para-hydroxylation sites is 1. The molecule has 2 nitrogen and oxygen atoms in total. The van der Waals surface area contributed by atoms with Crippen LogP contribution in [0.15, 0.2) is 30.3 Å². The largest absolute Gasteiger partial charge is 0.387 e. The molecule has 2 aliphatic rings. The lowest BCUT2D eigenvalue weighted by Gasteiger charge is -2.49. The van der Waals surface area contributed by atoms with Crippen molar-refractivity contribution < 1.29 is 5.11 Å². The lowest BCUT2D eigenvalue weighted by molar-refractivity contribution is -0.00922. The van der Waals surface area contributed by atoms with Gasteiger partial charge in [-0.15, -0.1) is 23.5 Å². The first-order chi connectivity index (χ1) is 10.7. The van der Waals surface area contributed by atoms with Crippen LogP contribution in [0.5, 0.6) is 0 Å². The molecule has 2 heterocycles. The molecule has 0 bridgehead atoms. The van der Waals surface area contributed by atoms with Crippen molar-refractivity contribution in [3.8, 4) is 0 Å². The predicted octanol–water partition coefficient (Wildman–Crippen LogP) is 4.89. The maximum absolute atomic E-state index is 11.6. The SMILES string of the molecule is OC1(C2(c3cc4ccccc4[nH]3)SCCCS2)CCCCC1. The Morgan fingerprint density at radius 2 is 1.68 bits per heavy atom. The number of fused-ring (bicyclic) bond motifs is 1. The highest BCUT2D eigenvalue weighted by Gasteiger charge is 2.54. The van der Waals surface area contributed by atoms with Crippen LogP contribution in [0.1, 0.15) is 44.2 Å². The molecule has 1 aromatic carbocycles. The highest BCUT2D eigenvalue weighted by molar-refractivity contribution is 8.18. The van der Waals surface area contributed by atoms with Gasteiger partial charge in [-0.25, -0.2) is 0 Å². The van der Waals surface area contributed by atoms with E-state index in [2.05, 4.69) is 35.3 Å². The number of aromatic nitrogens is 1. The molecule has 1 saturated heterocycles. The topological polar surface area (TPSA) is 36.0 Å². The van der Waals surface area contributed by atoms with Gasteiger partial charge in [0.15, 0.2) is 0 Å². The summed E-state index contributed by atoms with van der Waals surface area (Å²) in [7, 11) is 0. The number of aliphatic hydroxyl groups is 1. The zero-order valence-electron chi connectivity index (χ0n) is 12.8. The quantitative estimate of drug-likeness (QED) is 0.822. The van der Waals surface area contributed by atoms with Crippen LogP contribution in [0.3, 0.4) is 0 Å². The number of benzene rings is 1. The molecule has 2 N–H and O–H groups in total. The molecule has 0 unspecified atom stereocenters. The smallest absolute Gasteiger partial charge is 0.130 e. The van der Waals surface area contributed by atoms with E-state index in [0.29, 0.717) is 0 Å². The van der Waals surface area contributed by atoms with Gasteiger partial charge in [-0.2, -0.15) is 0 Å². The fraction of sp³-hybridized carbons (Fsp3) is 0.556. The molecule has 4 rings (SSSR count). The van der Waals surface area contributed by atoms with Crippen molar-refractivity contribution in [2.75, 3.05) is 11.5 Å². The molecular formula is C18H23NOS2. The molecule has 0 amide bonds. The van der Waals surface area contributed by atoms with Crippen LogP contribution in [-0.4, -0.2) is 27.2 Å². The lowest BCUT2D eigenvalue weighted by atomic mass is 9.80. The van der Waals surface area contributed by atoms with Crippen molar-refractivity contribution in [1.82, 2.24) is 4.98 Å². The van der Waals surface area contributed by atoms with E-state index in [-0.39, 0.29) is 4.08 Å². The minimum absolute atomic E-state index is 0.218. The summed E-state index contributed by atoms with van der Waals surface area (Å²) in [4.78, 5) is 3.63. The first-order valence-electron chi connectivity index (χ1n) is 8.32. The maximum Gasteiger partial charge on any atom is 0.130 e. The highest BCUT2D eigenvalue weighted by Crippen LogP contribution is 2.60. The molecule has 1 aliphatic heterocycles. The van der Waals surface area contributed by atoms with Crippen LogP contribution in [0.2, 0.25) is 0 Å². The summed E-state index contributed by atoms with van der Waals surface area (Å²) in [6.07, 6.45) is 6.68. The number of nitrogens with one attached hydrogen (secondary N) is 1. The highest BCUT2D eigenvalue weighted by atomic mass is 32.2. The van der Waals surface area contributed by atoms with E-state index in [0.717, 1.165) is 37.2 Å². The van der Waals surface area contributed by atoms with E-state index in [1.54, 1.807) is 0 Å². The Hall–Kier alpha value is -0.580. The van der Waals surface area contributed by atoms with E-state index >= 15 is 0 Å². The van der Waals surface area contributed by atoms with Gasteiger partial charge >= 0.3 is 0 Å². The van der Waals surface area contributed by atoms with Gasteiger partial charge in [0.1, 0.15) is 4.08 Å². The van der Waals surface area contributed by atoms with Crippen LogP contribution in [0, 0.1) is 0 Å². The monoisotopic (exact) mass is 333 g/mol. The van der Waals surface area contributed by atoms with E-state index in [9.17, 15) is 5.11 Å². The summed E-state index contributed by atoms with van der Waals surface area (Å²) in [6.45, 7) is 0. The molecule has 22 heavy (non-hydrogen) atoms. The van der Waals surface area contributed by atoms with Crippen LogP contribution < -0.4 is 0 Å². The summed E-state index contributed by atoms with van der Waals surface area (Å²) in [5.41, 5.74) is 1.82. The van der Waals surface area contributed by atoms with Crippen molar-refractivity contribution in [3.63, 3.8) is 0 Å². The van der Waals surface area contributed by atoms with Crippen molar-refractivity contribution in [2.24, 2.45) is 0 Å². The van der Waals surface area contributed by atoms with Gasteiger partial charge in [-0.05, 0) is 48.3 Å². The first kappa shape index (κ1) is 15.0. The normalized spacial score (nSPS) is 24.4. The Morgan fingerprint density at radius 1 is 0.955 bits per heavy atom. The first-order valence-corrected chi connectivity index (χ1v) is 10.3. The molecule has 1 aliphatic carbocycles. The van der Waals surface area contributed by atoms with E-state index in [1.807, 2.05) is 23.5 Å². The van der Waals surface area contributed by atoms with Gasteiger partial charge in [0.2, 0.25) is 0 Å². The molecule has 2 aromatic rings.